The molecule has 102 valence electrons. The molecule has 0 amide bonds. The van der Waals surface area contributed by atoms with Gasteiger partial charge < -0.3 is 0 Å². The van der Waals surface area contributed by atoms with Gasteiger partial charge >= 0.3 is 0 Å². The molecule has 0 radical (unpaired) electrons. The minimum absolute atomic E-state index is 0.346. The number of pyridine rings is 1. The zero-order valence-corrected chi connectivity index (χ0v) is 12.2. The molecule has 0 spiro atoms. The van der Waals surface area contributed by atoms with Crippen LogP contribution in [-0.2, 0) is 20.0 Å². The first-order valence-corrected chi connectivity index (χ1v) is 6.73. The Morgan fingerprint density at radius 2 is 2.21 bits per heavy atom. The maximum absolute atomic E-state index is 4.49. The van der Waals surface area contributed by atoms with Crippen LogP contribution >= 0.6 is 0 Å². The van der Waals surface area contributed by atoms with Crippen LogP contribution < -0.4 is 0 Å². The van der Waals surface area contributed by atoms with Gasteiger partial charge in [-0.1, -0.05) is 13.0 Å². The summed E-state index contributed by atoms with van der Waals surface area (Å²) in [4.78, 5) is 6.52. The lowest BCUT2D eigenvalue weighted by Gasteiger charge is -2.24. The highest BCUT2D eigenvalue weighted by molar-refractivity contribution is 5.18. The molecule has 0 bridgehead atoms. The van der Waals surface area contributed by atoms with Crippen LogP contribution in [0.5, 0.6) is 0 Å². The molecular weight excluding hydrogens is 236 g/mol. The molecule has 19 heavy (non-hydrogen) atoms. The van der Waals surface area contributed by atoms with E-state index in [2.05, 4.69) is 48.1 Å². The molecule has 0 unspecified atom stereocenters. The van der Waals surface area contributed by atoms with Gasteiger partial charge in [0, 0.05) is 43.8 Å². The Bertz CT molecular complexity index is 518. The molecule has 2 aromatic rings. The van der Waals surface area contributed by atoms with Crippen molar-refractivity contribution in [3.8, 4) is 0 Å². The van der Waals surface area contributed by atoms with E-state index in [0.717, 1.165) is 13.0 Å². The highest BCUT2D eigenvalue weighted by atomic mass is 15.3. The summed E-state index contributed by atoms with van der Waals surface area (Å²) in [5, 5.41) is 4.49. The first-order valence-electron chi connectivity index (χ1n) is 6.73. The fourth-order valence-corrected chi connectivity index (χ4v) is 2.30. The van der Waals surface area contributed by atoms with E-state index in [9.17, 15) is 0 Å². The van der Waals surface area contributed by atoms with E-state index < -0.39 is 0 Å². The average molecular weight is 258 g/mol. The standard InChI is InChI=1S/C15H22N4/c1-5-15-14(11-19(4)17-15)10-18(3)12(2)13-7-6-8-16-9-13/h6-9,11-12H,5,10H2,1-4H3/t12-/m0/s1. The first kappa shape index (κ1) is 13.7. The molecule has 1 atom stereocenters. The number of rotatable bonds is 5. The van der Waals surface area contributed by atoms with E-state index in [1.165, 1.54) is 16.8 Å². The Morgan fingerprint density at radius 1 is 1.42 bits per heavy atom. The van der Waals surface area contributed by atoms with Crippen molar-refractivity contribution in [3.05, 3.63) is 47.5 Å². The molecule has 4 nitrogen and oxygen atoms in total. The molecule has 2 aromatic heterocycles. The van der Waals surface area contributed by atoms with Crippen molar-refractivity contribution >= 4 is 0 Å². The van der Waals surface area contributed by atoms with Crippen LogP contribution in [0.3, 0.4) is 0 Å². The van der Waals surface area contributed by atoms with Crippen LogP contribution in [0, 0.1) is 0 Å². The number of hydrogen-bond donors (Lipinski definition) is 0. The molecule has 0 saturated carbocycles. The monoisotopic (exact) mass is 258 g/mol. The summed E-state index contributed by atoms with van der Waals surface area (Å²) in [5.74, 6) is 0. The molecule has 0 aromatic carbocycles. The SMILES string of the molecule is CCc1nn(C)cc1CN(C)[C@@H](C)c1cccnc1. The lowest BCUT2D eigenvalue weighted by atomic mass is 10.1. The van der Waals surface area contributed by atoms with Gasteiger partial charge in [-0.05, 0) is 32.0 Å². The normalized spacial score (nSPS) is 12.9. The van der Waals surface area contributed by atoms with Gasteiger partial charge in [-0.3, -0.25) is 14.6 Å². The fourth-order valence-electron chi connectivity index (χ4n) is 2.30. The summed E-state index contributed by atoms with van der Waals surface area (Å²) in [6, 6.07) is 4.46. The zero-order valence-electron chi connectivity index (χ0n) is 12.2. The third kappa shape index (κ3) is 3.20. The third-order valence-electron chi connectivity index (χ3n) is 3.57. The Balaban J connectivity index is 2.10. The van der Waals surface area contributed by atoms with Crippen molar-refractivity contribution in [2.45, 2.75) is 32.9 Å². The summed E-state index contributed by atoms with van der Waals surface area (Å²) in [6.45, 7) is 5.27. The molecule has 0 N–H and O–H groups in total. The van der Waals surface area contributed by atoms with Crippen LogP contribution in [-0.4, -0.2) is 26.7 Å². The quantitative estimate of drug-likeness (QED) is 0.826. The van der Waals surface area contributed by atoms with Crippen molar-refractivity contribution in [2.75, 3.05) is 7.05 Å². The second-order valence-corrected chi connectivity index (χ2v) is 5.01. The smallest absolute Gasteiger partial charge is 0.0666 e. The van der Waals surface area contributed by atoms with Gasteiger partial charge in [0.2, 0.25) is 0 Å². The topological polar surface area (TPSA) is 34.0 Å². The highest BCUT2D eigenvalue weighted by Crippen LogP contribution is 2.20. The van der Waals surface area contributed by atoms with Crippen molar-refractivity contribution in [1.29, 1.82) is 0 Å². The Kier molecular flexibility index (Phi) is 4.32. The molecule has 2 rings (SSSR count). The maximum atomic E-state index is 4.49. The van der Waals surface area contributed by atoms with Gasteiger partial charge in [0.15, 0.2) is 0 Å². The summed E-state index contributed by atoms with van der Waals surface area (Å²) < 4.78 is 1.90. The predicted molar refractivity (Wildman–Crippen MR) is 76.7 cm³/mol. The van der Waals surface area contributed by atoms with E-state index in [4.69, 9.17) is 0 Å². The zero-order chi connectivity index (χ0) is 13.8. The van der Waals surface area contributed by atoms with Crippen LogP contribution in [0.15, 0.2) is 30.7 Å². The summed E-state index contributed by atoms with van der Waals surface area (Å²) in [5.41, 5.74) is 3.74. The summed E-state index contributed by atoms with van der Waals surface area (Å²) in [6.07, 6.45) is 6.84. The molecule has 0 aliphatic rings. The van der Waals surface area contributed by atoms with Crippen LogP contribution in [0.4, 0.5) is 0 Å². The fraction of sp³-hybridized carbons (Fsp3) is 0.467. The van der Waals surface area contributed by atoms with Gasteiger partial charge in [0.05, 0.1) is 5.69 Å². The van der Waals surface area contributed by atoms with Gasteiger partial charge in [-0.15, -0.1) is 0 Å². The number of aromatic nitrogens is 3. The van der Waals surface area contributed by atoms with Crippen LogP contribution in [0.2, 0.25) is 0 Å². The molecule has 0 fully saturated rings. The summed E-state index contributed by atoms with van der Waals surface area (Å²) >= 11 is 0. The molecule has 0 aliphatic heterocycles. The molecule has 2 heterocycles. The third-order valence-corrected chi connectivity index (χ3v) is 3.57. The number of nitrogens with zero attached hydrogens (tertiary/aromatic N) is 4. The minimum atomic E-state index is 0.346. The van der Waals surface area contributed by atoms with Crippen LogP contribution in [0.25, 0.3) is 0 Å². The largest absolute Gasteiger partial charge is 0.295 e. The Hall–Kier alpha value is -1.68. The predicted octanol–water partition coefficient (Wildman–Crippen LogP) is 2.57. The second-order valence-electron chi connectivity index (χ2n) is 5.01. The molecule has 0 aliphatic carbocycles. The van der Waals surface area contributed by atoms with E-state index in [1.807, 2.05) is 30.2 Å². The van der Waals surface area contributed by atoms with Crippen molar-refractivity contribution < 1.29 is 0 Å². The van der Waals surface area contributed by atoms with Crippen molar-refractivity contribution in [1.82, 2.24) is 19.7 Å². The lowest BCUT2D eigenvalue weighted by molar-refractivity contribution is 0.252. The van der Waals surface area contributed by atoms with Gasteiger partial charge in [0.1, 0.15) is 0 Å². The summed E-state index contributed by atoms with van der Waals surface area (Å²) in [7, 11) is 4.12. The van der Waals surface area contributed by atoms with Gasteiger partial charge in [0.25, 0.3) is 0 Å². The first-order chi connectivity index (χ1) is 9.11. The maximum Gasteiger partial charge on any atom is 0.0666 e. The Labute approximate surface area is 115 Å². The van der Waals surface area contributed by atoms with E-state index in [1.54, 1.807) is 0 Å². The number of hydrogen-bond acceptors (Lipinski definition) is 3. The van der Waals surface area contributed by atoms with Crippen molar-refractivity contribution in [2.24, 2.45) is 7.05 Å². The van der Waals surface area contributed by atoms with Gasteiger partial charge in [-0.25, -0.2) is 0 Å². The van der Waals surface area contributed by atoms with Crippen molar-refractivity contribution in [3.63, 3.8) is 0 Å². The average Bonchev–Trinajstić information content (AvgIpc) is 2.78. The van der Waals surface area contributed by atoms with E-state index in [0.29, 0.717) is 6.04 Å². The Morgan fingerprint density at radius 3 is 2.84 bits per heavy atom. The molecule has 0 saturated heterocycles. The van der Waals surface area contributed by atoms with Gasteiger partial charge in [-0.2, -0.15) is 5.10 Å². The minimum Gasteiger partial charge on any atom is -0.295 e. The highest BCUT2D eigenvalue weighted by Gasteiger charge is 2.15. The van der Waals surface area contributed by atoms with Crippen LogP contribution in [0.1, 0.15) is 36.7 Å². The molecule has 4 heteroatoms. The lowest BCUT2D eigenvalue weighted by Crippen LogP contribution is -2.22. The van der Waals surface area contributed by atoms with E-state index >= 15 is 0 Å². The number of aryl methyl sites for hydroxylation is 2. The molecular formula is C15H22N4. The second kappa shape index (κ2) is 5.97. The van der Waals surface area contributed by atoms with E-state index in [-0.39, 0.29) is 0 Å².